The number of hydrogen-bond donors (Lipinski definition) is 1. The molecule has 0 radical (unpaired) electrons. The normalized spacial score (nSPS) is 16.4. The van der Waals surface area contributed by atoms with Gasteiger partial charge >= 0.3 is 0 Å². The van der Waals surface area contributed by atoms with Crippen molar-refractivity contribution in [1.82, 2.24) is 9.88 Å². The summed E-state index contributed by atoms with van der Waals surface area (Å²) < 4.78 is 0. The minimum atomic E-state index is 0.777. The average molecular weight is 247 g/mol. The molecule has 1 aliphatic carbocycles. The number of anilines is 1. The van der Waals surface area contributed by atoms with Crippen LogP contribution in [0, 0.1) is 0 Å². The summed E-state index contributed by atoms with van der Waals surface area (Å²) >= 11 is 0. The molecule has 1 N–H and O–H groups in total. The van der Waals surface area contributed by atoms with E-state index >= 15 is 0 Å². The van der Waals surface area contributed by atoms with E-state index in [2.05, 4.69) is 35.1 Å². The highest BCUT2D eigenvalue weighted by Crippen LogP contribution is 2.24. The lowest BCUT2D eigenvalue weighted by Gasteiger charge is -2.27. The van der Waals surface area contributed by atoms with Crippen LogP contribution in [0.1, 0.15) is 45.2 Å². The van der Waals surface area contributed by atoms with Crippen LogP contribution in [-0.2, 0) is 6.54 Å². The van der Waals surface area contributed by atoms with Gasteiger partial charge in [0.25, 0.3) is 0 Å². The molecule has 1 aromatic heterocycles. The van der Waals surface area contributed by atoms with Crippen LogP contribution < -0.4 is 5.32 Å². The Balaban J connectivity index is 1.99. The van der Waals surface area contributed by atoms with Crippen molar-refractivity contribution in [3.63, 3.8) is 0 Å². The molecule has 2 rings (SSSR count). The van der Waals surface area contributed by atoms with Gasteiger partial charge in [-0.2, -0.15) is 0 Å². The van der Waals surface area contributed by atoms with E-state index in [1.165, 1.54) is 37.1 Å². The van der Waals surface area contributed by atoms with E-state index in [4.69, 9.17) is 0 Å². The van der Waals surface area contributed by atoms with Crippen LogP contribution in [0.2, 0.25) is 0 Å². The summed E-state index contributed by atoms with van der Waals surface area (Å²) in [5.41, 5.74) is 2.37. The van der Waals surface area contributed by atoms with Crippen molar-refractivity contribution in [2.24, 2.45) is 0 Å². The van der Waals surface area contributed by atoms with Crippen LogP contribution in [0.15, 0.2) is 18.3 Å². The van der Waals surface area contributed by atoms with Crippen LogP contribution in [0.3, 0.4) is 0 Å². The highest BCUT2D eigenvalue weighted by Gasteiger charge is 2.21. The number of nitrogens with zero attached hydrogens (tertiary/aromatic N) is 2. The summed E-state index contributed by atoms with van der Waals surface area (Å²) in [7, 11) is 0. The smallest absolute Gasteiger partial charge is 0.0564 e. The first-order valence-corrected chi connectivity index (χ1v) is 7.26. The average Bonchev–Trinajstić information content (AvgIpc) is 2.90. The van der Waals surface area contributed by atoms with Gasteiger partial charge in [-0.05, 0) is 38.4 Å². The molecule has 0 unspecified atom stereocenters. The Morgan fingerprint density at radius 1 is 1.33 bits per heavy atom. The van der Waals surface area contributed by atoms with Gasteiger partial charge < -0.3 is 5.32 Å². The summed E-state index contributed by atoms with van der Waals surface area (Å²) in [6, 6.07) is 5.00. The van der Waals surface area contributed by atoms with Crippen molar-refractivity contribution >= 4 is 5.69 Å². The minimum absolute atomic E-state index is 0.777. The quantitative estimate of drug-likeness (QED) is 0.836. The molecule has 1 fully saturated rings. The van der Waals surface area contributed by atoms with Crippen molar-refractivity contribution in [3.05, 3.63) is 24.0 Å². The highest BCUT2D eigenvalue weighted by atomic mass is 15.2. The Bertz CT molecular complexity index is 359. The predicted molar refractivity (Wildman–Crippen MR) is 76.7 cm³/mol. The molecule has 1 aliphatic rings. The molecule has 0 aromatic carbocycles. The van der Waals surface area contributed by atoms with Crippen molar-refractivity contribution in [2.75, 3.05) is 18.4 Å². The van der Waals surface area contributed by atoms with Crippen LogP contribution >= 0.6 is 0 Å². The fraction of sp³-hybridized carbons (Fsp3) is 0.667. The van der Waals surface area contributed by atoms with E-state index < -0.39 is 0 Å². The van der Waals surface area contributed by atoms with Crippen LogP contribution in [-0.4, -0.2) is 29.0 Å². The first-order chi connectivity index (χ1) is 8.83. The number of aromatic nitrogens is 1. The van der Waals surface area contributed by atoms with Crippen molar-refractivity contribution in [2.45, 2.75) is 52.1 Å². The lowest BCUT2D eigenvalue weighted by atomic mass is 10.2. The van der Waals surface area contributed by atoms with Gasteiger partial charge in [-0.25, -0.2) is 0 Å². The van der Waals surface area contributed by atoms with Gasteiger partial charge in [0.05, 0.1) is 5.69 Å². The maximum absolute atomic E-state index is 4.50. The maximum atomic E-state index is 4.50. The van der Waals surface area contributed by atoms with E-state index in [1.807, 2.05) is 12.3 Å². The van der Waals surface area contributed by atoms with Crippen LogP contribution in [0.4, 0.5) is 5.69 Å². The third-order valence-corrected chi connectivity index (χ3v) is 3.81. The second-order valence-corrected chi connectivity index (χ2v) is 5.07. The largest absolute Gasteiger partial charge is 0.385 e. The van der Waals surface area contributed by atoms with Gasteiger partial charge in [-0.15, -0.1) is 0 Å². The SMILES string of the molecule is CCNc1ccnc(CN(CC)C2CCCC2)c1. The van der Waals surface area contributed by atoms with Gasteiger partial charge in [0.2, 0.25) is 0 Å². The summed E-state index contributed by atoms with van der Waals surface area (Å²) in [6.45, 7) is 7.45. The summed E-state index contributed by atoms with van der Waals surface area (Å²) in [4.78, 5) is 7.07. The van der Waals surface area contributed by atoms with E-state index in [0.717, 1.165) is 25.7 Å². The summed E-state index contributed by atoms with van der Waals surface area (Å²) in [6.07, 6.45) is 7.43. The number of hydrogen-bond acceptors (Lipinski definition) is 3. The lowest BCUT2D eigenvalue weighted by molar-refractivity contribution is 0.198. The van der Waals surface area contributed by atoms with Crippen molar-refractivity contribution < 1.29 is 0 Å². The molecule has 0 saturated heterocycles. The van der Waals surface area contributed by atoms with Gasteiger partial charge in [0.15, 0.2) is 0 Å². The zero-order valence-corrected chi connectivity index (χ0v) is 11.7. The first kappa shape index (κ1) is 13.3. The molecular weight excluding hydrogens is 222 g/mol. The van der Waals surface area contributed by atoms with Crippen molar-refractivity contribution in [1.29, 1.82) is 0 Å². The molecule has 1 aromatic rings. The number of pyridine rings is 1. The molecule has 100 valence electrons. The van der Waals surface area contributed by atoms with Crippen LogP contribution in [0.25, 0.3) is 0 Å². The number of nitrogens with one attached hydrogen (secondary N) is 1. The van der Waals surface area contributed by atoms with Gasteiger partial charge in [0.1, 0.15) is 0 Å². The lowest BCUT2D eigenvalue weighted by Crippen LogP contribution is -2.32. The molecule has 0 atom stereocenters. The monoisotopic (exact) mass is 247 g/mol. The molecule has 0 bridgehead atoms. The molecule has 1 saturated carbocycles. The minimum Gasteiger partial charge on any atom is -0.385 e. The Hall–Kier alpha value is -1.09. The third-order valence-electron chi connectivity index (χ3n) is 3.81. The summed E-state index contributed by atoms with van der Waals surface area (Å²) in [5.74, 6) is 0. The van der Waals surface area contributed by atoms with E-state index in [1.54, 1.807) is 0 Å². The first-order valence-electron chi connectivity index (χ1n) is 7.26. The van der Waals surface area contributed by atoms with E-state index in [0.29, 0.717) is 0 Å². The molecular formula is C15H25N3. The van der Waals surface area contributed by atoms with Crippen molar-refractivity contribution in [3.8, 4) is 0 Å². The van der Waals surface area contributed by atoms with E-state index in [-0.39, 0.29) is 0 Å². The predicted octanol–water partition coefficient (Wildman–Crippen LogP) is 3.28. The highest BCUT2D eigenvalue weighted by molar-refractivity contribution is 5.42. The molecule has 3 nitrogen and oxygen atoms in total. The zero-order valence-electron chi connectivity index (χ0n) is 11.7. The standard InChI is InChI=1S/C15H25N3/c1-3-16-13-9-10-17-14(11-13)12-18(4-2)15-7-5-6-8-15/h9-11,15H,3-8,12H2,1-2H3,(H,16,17). The molecule has 18 heavy (non-hydrogen) atoms. The zero-order chi connectivity index (χ0) is 12.8. The number of rotatable bonds is 6. The van der Waals surface area contributed by atoms with Gasteiger partial charge in [-0.3, -0.25) is 9.88 Å². The molecule has 0 amide bonds. The van der Waals surface area contributed by atoms with Gasteiger partial charge in [0, 0.05) is 31.0 Å². The van der Waals surface area contributed by atoms with E-state index in [9.17, 15) is 0 Å². The molecule has 0 spiro atoms. The fourth-order valence-corrected chi connectivity index (χ4v) is 2.86. The maximum Gasteiger partial charge on any atom is 0.0564 e. The fourth-order valence-electron chi connectivity index (χ4n) is 2.86. The Morgan fingerprint density at radius 2 is 2.11 bits per heavy atom. The van der Waals surface area contributed by atoms with Gasteiger partial charge in [-0.1, -0.05) is 19.8 Å². The second-order valence-electron chi connectivity index (χ2n) is 5.07. The Kier molecular flexibility index (Phi) is 5.00. The Labute approximate surface area is 111 Å². The topological polar surface area (TPSA) is 28.2 Å². The molecule has 1 heterocycles. The molecule has 3 heteroatoms. The Morgan fingerprint density at radius 3 is 2.78 bits per heavy atom. The second kappa shape index (κ2) is 6.74. The van der Waals surface area contributed by atoms with Crippen LogP contribution in [0.5, 0.6) is 0 Å². The third kappa shape index (κ3) is 3.45. The summed E-state index contributed by atoms with van der Waals surface area (Å²) in [5, 5.41) is 3.35. The molecule has 0 aliphatic heterocycles.